The highest BCUT2D eigenvalue weighted by Crippen LogP contribution is 2.34. The van der Waals surface area contributed by atoms with Gasteiger partial charge in [0, 0.05) is 31.2 Å². The normalized spacial score (nSPS) is 16.1. The maximum absolute atomic E-state index is 12.6. The summed E-state index contributed by atoms with van der Waals surface area (Å²) >= 11 is 1.63. The Balaban J connectivity index is 1.89. The maximum atomic E-state index is 12.6. The third kappa shape index (κ3) is 5.21. The summed E-state index contributed by atoms with van der Waals surface area (Å²) in [5.74, 6) is 0.482. The zero-order chi connectivity index (χ0) is 20.8. The minimum Gasteiger partial charge on any atom is -0.463 e. The van der Waals surface area contributed by atoms with E-state index < -0.39 is 0 Å². The molecule has 1 heterocycles. The Bertz CT molecular complexity index is 905. The smallest absolute Gasteiger partial charge is 0.338 e. The van der Waals surface area contributed by atoms with E-state index in [1.807, 2.05) is 75.3 Å². The average Bonchev–Trinajstić information content (AvgIpc) is 2.72. The Morgan fingerprint density at radius 1 is 1.14 bits per heavy atom. The lowest BCUT2D eigenvalue weighted by molar-refractivity contribution is -0.138. The van der Waals surface area contributed by atoms with Gasteiger partial charge in [0.15, 0.2) is 5.17 Å². The van der Waals surface area contributed by atoms with E-state index in [9.17, 15) is 4.79 Å². The van der Waals surface area contributed by atoms with E-state index in [2.05, 4.69) is 17.4 Å². The second kappa shape index (κ2) is 9.65. The van der Waals surface area contributed by atoms with E-state index in [1.165, 1.54) is 5.56 Å². The lowest BCUT2D eigenvalue weighted by Crippen LogP contribution is -2.30. The number of thioether (sulfide) groups is 1. The predicted molar refractivity (Wildman–Crippen MR) is 121 cm³/mol. The number of anilines is 1. The van der Waals surface area contributed by atoms with Crippen molar-refractivity contribution >= 4 is 28.6 Å². The Morgan fingerprint density at radius 2 is 1.83 bits per heavy atom. The van der Waals surface area contributed by atoms with E-state index in [0.717, 1.165) is 27.9 Å². The number of hydrogen-bond donors (Lipinski definition) is 1. The van der Waals surface area contributed by atoms with E-state index in [1.54, 1.807) is 11.8 Å². The SMILES string of the molecule is CCOC(=O)C1=C(C)NC(SCc2ccccc2)=N[C@H]1c1ccc(N(C)C)cc1. The molecule has 2 aromatic rings. The number of carbonyl (C=O) groups is 1. The van der Waals surface area contributed by atoms with Gasteiger partial charge in [-0.3, -0.25) is 0 Å². The van der Waals surface area contributed by atoms with E-state index in [4.69, 9.17) is 9.73 Å². The Kier molecular flexibility index (Phi) is 6.99. The fourth-order valence-corrected chi connectivity index (χ4v) is 4.02. The number of allylic oxidation sites excluding steroid dienone is 1. The summed E-state index contributed by atoms with van der Waals surface area (Å²) in [5.41, 5.74) is 4.65. The van der Waals surface area contributed by atoms with Crippen LogP contribution in [0.3, 0.4) is 0 Å². The summed E-state index contributed by atoms with van der Waals surface area (Å²) in [7, 11) is 4.01. The molecule has 0 radical (unpaired) electrons. The van der Waals surface area contributed by atoms with Gasteiger partial charge in [-0.25, -0.2) is 9.79 Å². The van der Waals surface area contributed by atoms with Crippen LogP contribution in [0.1, 0.15) is 31.0 Å². The lowest BCUT2D eigenvalue weighted by atomic mass is 9.96. The van der Waals surface area contributed by atoms with E-state index in [-0.39, 0.29) is 12.0 Å². The zero-order valence-electron chi connectivity index (χ0n) is 17.3. The fraction of sp³-hybridized carbons (Fsp3) is 0.304. The molecule has 0 aliphatic carbocycles. The second-order valence-corrected chi connectivity index (χ2v) is 7.95. The van der Waals surface area contributed by atoms with Gasteiger partial charge in [0.2, 0.25) is 0 Å². The molecule has 0 saturated heterocycles. The number of carbonyl (C=O) groups excluding carboxylic acids is 1. The molecule has 0 amide bonds. The van der Waals surface area contributed by atoms with Crippen LogP contribution in [0.2, 0.25) is 0 Å². The predicted octanol–water partition coefficient (Wildman–Crippen LogP) is 4.52. The number of rotatable bonds is 6. The molecule has 2 aromatic carbocycles. The molecule has 5 nitrogen and oxygen atoms in total. The van der Waals surface area contributed by atoms with Crippen molar-refractivity contribution in [2.75, 3.05) is 25.6 Å². The molecule has 0 saturated carbocycles. The molecule has 1 aliphatic heterocycles. The molecule has 3 rings (SSSR count). The molecular formula is C23H27N3O2S. The first-order valence-electron chi connectivity index (χ1n) is 9.66. The fourth-order valence-electron chi connectivity index (χ4n) is 3.12. The summed E-state index contributed by atoms with van der Waals surface area (Å²) < 4.78 is 5.31. The van der Waals surface area contributed by atoms with Crippen molar-refractivity contribution in [2.24, 2.45) is 4.99 Å². The molecule has 0 aromatic heterocycles. The molecule has 6 heteroatoms. The number of hydrogen-bond acceptors (Lipinski definition) is 6. The Labute approximate surface area is 176 Å². The first-order chi connectivity index (χ1) is 14.0. The highest BCUT2D eigenvalue weighted by Gasteiger charge is 2.30. The lowest BCUT2D eigenvalue weighted by Gasteiger charge is -2.26. The number of ether oxygens (including phenoxy) is 1. The van der Waals surface area contributed by atoms with E-state index in [0.29, 0.717) is 12.2 Å². The molecule has 1 atom stereocenters. The standard InChI is InChI=1S/C23H27N3O2S/c1-5-28-22(27)20-16(2)24-23(29-15-17-9-7-6-8-10-17)25-21(20)18-11-13-19(14-12-18)26(3)4/h6-14,21H,5,15H2,1-4H3,(H,24,25)/t21-/m0/s1. The van der Waals surface area contributed by atoms with Gasteiger partial charge in [0.1, 0.15) is 6.04 Å². The molecule has 0 fully saturated rings. The second-order valence-electron chi connectivity index (χ2n) is 6.98. The van der Waals surface area contributed by atoms with Crippen LogP contribution >= 0.6 is 11.8 Å². The van der Waals surface area contributed by atoms with Crippen molar-refractivity contribution in [1.82, 2.24) is 5.32 Å². The van der Waals surface area contributed by atoms with Crippen LogP contribution < -0.4 is 10.2 Å². The molecule has 1 N–H and O–H groups in total. The van der Waals surface area contributed by atoms with Crippen LogP contribution in [-0.4, -0.2) is 31.8 Å². The van der Waals surface area contributed by atoms with Crippen molar-refractivity contribution < 1.29 is 9.53 Å². The third-order valence-electron chi connectivity index (χ3n) is 4.66. The summed E-state index contributed by atoms with van der Waals surface area (Å²) in [6.07, 6.45) is 0. The summed E-state index contributed by atoms with van der Waals surface area (Å²) in [6.45, 7) is 4.06. The highest BCUT2D eigenvalue weighted by atomic mass is 32.2. The maximum Gasteiger partial charge on any atom is 0.338 e. The molecular weight excluding hydrogens is 382 g/mol. The van der Waals surface area contributed by atoms with Crippen LogP contribution in [-0.2, 0) is 15.3 Å². The molecule has 152 valence electrons. The van der Waals surface area contributed by atoms with Crippen molar-refractivity contribution in [3.05, 3.63) is 77.0 Å². The van der Waals surface area contributed by atoms with Gasteiger partial charge in [-0.15, -0.1) is 0 Å². The number of nitrogens with zero attached hydrogens (tertiary/aromatic N) is 2. The van der Waals surface area contributed by atoms with Crippen molar-refractivity contribution in [2.45, 2.75) is 25.6 Å². The van der Waals surface area contributed by atoms with Crippen molar-refractivity contribution in [3.8, 4) is 0 Å². The largest absolute Gasteiger partial charge is 0.463 e. The molecule has 0 unspecified atom stereocenters. The van der Waals surface area contributed by atoms with Gasteiger partial charge in [0.25, 0.3) is 0 Å². The van der Waals surface area contributed by atoms with Gasteiger partial charge in [-0.1, -0.05) is 54.2 Å². The van der Waals surface area contributed by atoms with E-state index >= 15 is 0 Å². The molecule has 29 heavy (non-hydrogen) atoms. The highest BCUT2D eigenvalue weighted by molar-refractivity contribution is 8.13. The summed E-state index contributed by atoms with van der Waals surface area (Å²) in [5, 5.41) is 4.10. The number of aliphatic imine (C=N–C) groups is 1. The number of benzene rings is 2. The van der Waals surface area contributed by atoms with Gasteiger partial charge in [-0.05, 0) is 37.1 Å². The van der Waals surface area contributed by atoms with Gasteiger partial charge in [-0.2, -0.15) is 0 Å². The monoisotopic (exact) mass is 409 g/mol. The minimum absolute atomic E-state index is 0.324. The number of amidine groups is 1. The van der Waals surface area contributed by atoms with Gasteiger partial charge < -0.3 is 15.0 Å². The topological polar surface area (TPSA) is 53.9 Å². The van der Waals surface area contributed by atoms with Gasteiger partial charge >= 0.3 is 5.97 Å². The first-order valence-corrected chi connectivity index (χ1v) is 10.6. The van der Waals surface area contributed by atoms with Crippen LogP contribution in [0.5, 0.6) is 0 Å². The Hall–Kier alpha value is -2.73. The Morgan fingerprint density at radius 3 is 2.45 bits per heavy atom. The molecule has 0 spiro atoms. The summed E-state index contributed by atoms with van der Waals surface area (Å²) in [6, 6.07) is 18.0. The van der Waals surface area contributed by atoms with Crippen LogP contribution in [0.15, 0.2) is 70.9 Å². The van der Waals surface area contributed by atoms with Crippen LogP contribution in [0.25, 0.3) is 0 Å². The number of esters is 1. The molecule has 1 aliphatic rings. The van der Waals surface area contributed by atoms with Gasteiger partial charge in [0.05, 0.1) is 12.2 Å². The van der Waals surface area contributed by atoms with Crippen molar-refractivity contribution in [1.29, 1.82) is 0 Å². The van der Waals surface area contributed by atoms with Crippen LogP contribution in [0, 0.1) is 0 Å². The molecule has 0 bridgehead atoms. The first kappa shape index (κ1) is 21.0. The number of nitrogens with one attached hydrogen (secondary N) is 1. The minimum atomic E-state index is -0.384. The zero-order valence-corrected chi connectivity index (χ0v) is 18.1. The third-order valence-corrected chi connectivity index (χ3v) is 5.62. The van der Waals surface area contributed by atoms with Crippen LogP contribution in [0.4, 0.5) is 5.69 Å². The summed E-state index contributed by atoms with van der Waals surface area (Å²) in [4.78, 5) is 19.6. The van der Waals surface area contributed by atoms with Crippen molar-refractivity contribution in [3.63, 3.8) is 0 Å². The quantitative estimate of drug-likeness (QED) is 0.711. The average molecular weight is 410 g/mol.